The molecule has 0 unspecified atom stereocenters. The van der Waals surface area contributed by atoms with Gasteiger partial charge in [0, 0.05) is 31.9 Å². The summed E-state index contributed by atoms with van der Waals surface area (Å²) in [6.45, 7) is 6.85. The van der Waals surface area contributed by atoms with Crippen molar-refractivity contribution in [3.63, 3.8) is 0 Å². The summed E-state index contributed by atoms with van der Waals surface area (Å²) in [7, 11) is 0. The summed E-state index contributed by atoms with van der Waals surface area (Å²) >= 11 is 0. The molecule has 2 saturated heterocycles. The van der Waals surface area contributed by atoms with Gasteiger partial charge in [-0.15, -0.1) is 0 Å². The van der Waals surface area contributed by atoms with E-state index in [1.54, 1.807) is 4.90 Å². The zero-order chi connectivity index (χ0) is 17.6. The number of anilines is 1. The van der Waals surface area contributed by atoms with Crippen LogP contribution in [0, 0.1) is 6.92 Å². The van der Waals surface area contributed by atoms with Gasteiger partial charge in [0.25, 0.3) is 0 Å². The average molecular weight is 347 g/mol. The lowest BCUT2D eigenvalue weighted by Gasteiger charge is -2.27. The molecule has 3 amide bonds. The number of nitrogens with one attached hydrogen (secondary N) is 1. The monoisotopic (exact) mass is 347 g/mol. The normalized spacial score (nSPS) is 18.1. The van der Waals surface area contributed by atoms with Gasteiger partial charge in [-0.1, -0.05) is 12.1 Å². The van der Waals surface area contributed by atoms with Crippen molar-refractivity contribution in [2.45, 2.75) is 13.3 Å². The Morgan fingerprint density at radius 2 is 1.60 bits per heavy atom. The Morgan fingerprint density at radius 3 is 2.20 bits per heavy atom. The average Bonchev–Trinajstić information content (AvgIpc) is 2.65. The number of carbonyl (C=O) groups excluding carboxylic acids is 2. The van der Waals surface area contributed by atoms with Crippen molar-refractivity contribution in [1.82, 2.24) is 9.80 Å². The minimum Gasteiger partial charge on any atom is -0.378 e. The van der Waals surface area contributed by atoms with Crippen LogP contribution >= 0.6 is 0 Å². The molecule has 1 aromatic rings. The van der Waals surface area contributed by atoms with E-state index in [1.807, 2.05) is 30.0 Å². The van der Waals surface area contributed by atoms with Crippen molar-refractivity contribution in [3.8, 4) is 0 Å². The maximum Gasteiger partial charge on any atom is 0.322 e. The fraction of sp³-hybridized carbons (Fsp3) is 0.556. The fourth-order valence-corrected chi connectivity index (χ4v) is 3.04. The molecule has 2 aliphatic rings. The number of rotatable bonds is 3. The minimum absolute atomic E-state index is 0.108. The zero-order valence-corrected chi connectivity index (χ0v) is 14.6. The van der Waals surface area contributed by atoms with Crippen LogP contribution in [0.1, 0.15) is 11.1 Å². The highest BCUT2D eigenvalue weighted by atomic mass is 16.5. The zero-order valence-electron chi connectivity index (χ0n) is 14.6. The van der Waals surface area contributed by atoms with Gasteiger partial charge in [0.15, 0.2) is 0 Å². The summed E-state index contributed by atoms with van der Waals surface area (Å²) in [5.41, 5.74) is 2.69. The molecule has 25 heavy (non-hydrogen) atoms. The highest BCUT2D eigenvalue weighted by molar-refractivity contribution is 5.90. The van der Waals surface area contributed by atoms with Crippen LogP contribution in [0.2, 0.25) is 0 Å². The molecule has 2 heterocycles. The summed E-state index contributed by atoms with van der Waals surface area (Å²) in [5.74, 6) is 0.118. The molecule has 2 aliphatic heterocycles. The van der Waals surface area contributed by atoms with Gasteiger partial charge in [0.1, 0.15) is 0 Å². The summed E-state index contributed by atoms with van der Waals surface area (Å²) in [5, 5.41) is 2.94. The third-order valence-electron chi connectivity index (χ3n) is 4.55. The number of benzene rings is 1. The van der Waals surface area contributed by atoms with Crippen molar-refractivity contribution >= 4 is 17.6 Å². The van der Waals surface area contributed by atoms with E-state index in [0.29, 0.717) is 59.0 Å². The molecule has 3 rings (SSSR count). The lowest BCUT2D eigenvalue weighted by molar-refractivity contribution is -0.134. The second kappa shape index (κ2) is 8.31. The van der Waals surface area contributed by atoms with E-state index in [-0.39, 0.29) is 11.9 Å². The van der Waals surface area contributed by atoms with Gasteiger partial charge >= 0.3 is 6.03 Å². The van der Waals surface area contributed by atoms with Crippen LogP contribution < -0.4 is 5.32 Å². The van der Waals surface area contributed by atoms with Crippen LogP contribution in [0.15, 0.2) is 18.2 Å². The third kappa shape index (κ3) is 4.70. The third-order valence-corrected chi connectivity index (χ3v) is 4.55. The molecule has 136 valence electrons. The predicted octanol–water partition coefficient (Wildman–Crippen LogP) is 1.26. The quantitative estimate of drug-likeness (QED) is 0.894. The van der Waals surface area contributed by atoms with E-state index < -0.39 is 0 Å². The molecule has 2 fully saturated rings. The Balaban J connectivity index is 1.58. The fourth-order valence-electron chi connectivity index (χ4n) is 3.04. The largest absolute Gasteiger partial charge is 0.378 e. The lowest BCUT2D eigenvalue weighted by Crippen LogP contribution is -2.43. The second-order valence-electron chi connectivity index (χ2n) is 6.35. The number of ether oxygens (including phenoxy) is 2. The van der Waals surface area contributed by atoms with E-state index in [9.17, 15) is 9.59 Å². The molecule has 1 N–H and O–H groups in total. The molecule has 0 bridgehead atoms. The van der Waals surface area contributed by atoms with Crippen molar-refractivity contribution < 1.29 is 19.1 Å². The van der Waals surface area contributed by atoms with Crippen molar-refractivity contribution in [2.75, 3.05) is 57.9 Å². The Hall–Kier alpha value is -2.12. The SMILES string of the molecule is Cc1cc(CC(=O)N2CCOCC2)ccc1NC(=O)N1CCOCC1. The van der Waals surface area contributed by atoms with Gasteiger partial charge < -0.3 is 24.6 Å². The number of hydrogen-bond donors (Lipinski definition) is 1. The van der Waals surface area contributed by atoms with Crippen LogP contribution in [0.25, 0.3) is 0 Å². The lowest BCUT2D eigenvalue weighted by atomic mass is 10.1. The van der Waals surface area contributed by atoms with Gasteiger partial charge in [-0.05, 0) is 24.1 Å². The van der Waals surface area contributed by atoms with Crippen LogP contribution in [0.5, 0.6) is 0 Å². The Kier molecular flexibility index (Phi) is 5.88. The first-order chi connectivity index (χ1) is 12.1. The number of nitrogens with zero attached hydrogens (tertiary/aromatic N) is 2. The maximum absolute atomic E-state index is 12.3. The molecule has 0 saturated carbocycles. The number of amides is 3. The van der Waals surface area contributed by atoms with E-state index in [1.165, 1.54) is 0 Å². The van der Waals surface area contributed by atoms with E-state index >= 15 is 0 Å². The highest BCUT2D eigenvalue weighted by Crippen LogP contribution is 2.18. The molecule has 7 nitrogen and oxygen atoms in total. The number of urea groups is 1. The van der Waals surface area contributed by atoms with Crippen LogP contribution in [-0.2, 0) is 20.7 Å². The molecule has 0 aliphatic carbocycles. The molecule has 7 heteroatoms. The molecule has 0 atom stereocenters. The number of aryl methyl sites for hydroxylation is 1. The number of morpholine rings is 2. The van der Waals surface area contributed by atoms with E-state index in [0.717, 1.165) is 16.8 Å². The molecule has 0 radical (unpaired) electrons. The molecule has 0 spiro atoms. The molecule has 0 aromatic heterocycles. The summed E-state index contributed by atoms with van der Waals surface area (Å²) < 4.78 is 10.5. The first kappa shape index (κ1) is 17.7. The van der Waals surface area contributed by atoms with Crippen LogP contribution in [0.4, 0.5) is 10.5 Å². The molecule has 1 aromatic carbocycles. The number of carbonyl (C=O) groups is 2. The molecular weight excluding hydrogens is 322 g/mol. The van der Waals surface area contributed by atoms with Gasteiger partial charge in [0.05, 0.1) is 32.8 Å². The van der Waals surface area contributed by atoms with E-state index in [4.69, 9.17) is 9.47 Å². The summed E-state index contributed by atoms with van der Waals surface area (Å²) in [4.78, 5) is 28.2. The topological polar surface area (TPSA) is 71.1 Å². The summed E-state index contributed by atoms with van der Waals surface area (Å²) in [6.07, 6.45) is 0.374. The second-order valence-corrected chi connectivity index (χ2v) is 6.35. The standard InChI is InChI=1S/C18H25N3O4/c1-14-12-15(13-17(22)20-4-8-24-9-5-20)2-3-16(14)19-18(23)21-6-10-25-11-7-21/h2-3,12H,4-11,13H2,1H3,(H,19,23). The van der Waals surface area contributed by atoms with Gasteiger partial charge in [-0.25, -0.2) is 4.79 Å². The predicted molar refractivity (Wildman–Crippen MR) is 93.7 cm³/mol. The first-order valence-electron chi connectivity index (χ1n) is 8.72. The first-order valence-corrected chi connectivity index (χ1v) is 8.72. The minimum atomic E-state index is -0.108. The van der Waals surface area contributed by atoms with Crippen LogP contribution in [-0.4, -0.2) is 74.3 Å². The molecular formula is C18H25N3O4. The Morgan fingerprint density at radius 1 is 1.00 bits per heavy atom. The van der Waals surface area contributed by atoms with Gasteiger partial charge in [-0.3, -0.25) is 4.79 Å². The van der Waals surface area contributed by atoms with Crippen molar-refractivity contribution in [1.29, 1.82) is 0 Å². The summed E-state index contributed by atoms with van der Waals surface area (Å²) in [6, 6.07) is 5.63. The smallest absolute Gasteiger partial charge is 0.322 e. The Bertz CT molecular complexity index is 623. The van der Waals surface area contributed by atoms with Gasteiger partial charge in [-0.2, -0.15) is 0 Å². The van der Waals surface area contributed by atoms with Crippen LogP contribution in [0.3, 0.4) is 0 Å². The van der Waals surface area contributed by atoms with E-state index in [2.05, 4.69) is 5.32 Å². The van der Waals surface area contributed by atoms with Crippen molar-refractivity contribution in [2.24, 2.45) is 0 Å². The Labute approximate surface area is 147 Å². The maximum atomic E-state index is 12.3. The highest BCUT2D eigenvalue weighted by Gasteiger charge is 2.19. The number of hydrogen-bond acceptors (Lipinski definition) is 4. The van der Waals surface area contributed by atoms with Gasteiger partial charge in [0.2, 0.25) is 5.91 Å². The van der Waals surface area contributed by atoms with Crippen molar-refractivity contribution in [3.05, 3.63) is 29.3 Å².